The number of nitrogens with two attached hydrogens (primary N) is 1. The Kier molecular flexibility index (Phi) is 6.90. The molecule has 11 heteroatoms. The van der Waals surface area contributed by atoms with Crippen LogP contribution in [0.5, 0.6) is 0 Å². The molecule has 11 nitrogen and oxygen atoms in total. The van der Waals surface area contributed by atoms with Gasteiger partial charge in [-0.1, -0.05) is 44.2 Å². The van der Waals surface area contributed by atoms with Crippen LogP contribution in [-0.4, -0.2) is 66.0 Å². The average Bonchev–Trinajstić information content (AvgIpc) is 3.32. The largest absolute Gasteiger partial charge is 0.394 e. The van der Waals surface area contributed by atoms with Gasteiger partial charge in [0.2, 0.25) is 5.95 Å². The zero-order valence-electron chi connectivity index (χ0n) is 16.6. The molecule has 1 aromatic carbocycles. The first kappa shape index (κ1) is 21.6. The van der Waals surface area contributed by atoms with Gasteiger partial charge in [0, 0.05) is 0 Å². The lowest BCUT2D eigenvalue weighted by Crippen LogP contribution is -2.33. The number of anilines is 2. The third kappa shape index (κ3) is 4.24. The predicted octanol–water partition coefficient (Wildman–Crippen LogP) is 0.492. The molecule has 2 aromatic heterocycles. The lowest BCUT2D eigenvalue weighted by molar-refractivity contribution is -0.0511. The van der Waals surface area contributed by atoms with E-state index in [2.05, 4.69) is 25.5 Å². The molecule has 1 unspecified atom stereocenters. The molecule has 160 valence electrons. The number of nitrogen functional groups attached to an aromatic ring is 1. The van der Waals surface area contributed by atoms with E-state index in [9.17, 15) is 15.3 Å². The minimum Gasteiger partial charge on any atom is -0.394 e. The van der Waals surface area contributed by atoms with E-state index in [0.717, 1.165) is 5.56 Å². The number of hydrogen-bond donors (Lipinski definition) is 5. The molecule has 0 saturated carbocycles. The van der Waals surface area contributed by atoms with Crippen LogP contribution < -0.4 is 11.2 Å². The SMILES string of the molecule is CC.Nc1nc(N/N=C/c2ccccc2)nc2c1ncn2[C@@H]1O[C@H](CO)C(O)[C@@H]1O. The second-order valence-corrected chi connectivity index (χ2v) is 6.27. The van der Waals surface area contributed by atoms with Crippen LogP contribution in [0.2, 0.25) is 0 Å². The summed E-state index contributed by atoms with van der Waals surface area (Å²) in [6.45, 7) is 3.57. The summed E-state index contributed by atoms with van der Waals surface area (Å²) < 4.78 is 6.96. The monoisotopic (exact) mass is 415 g/mol. The second-order valence-electron chi connectivity index (χ2n) is 6.27. The minimum absolute atomic E-state index is 0.118. The fraction of sp³-hybridized carbons (Fsp3) is 0.368. The maximum atomic E-state index is 10.2. The number of nitrogens with one attached hydrogen (secondary N) is 1. The molecule has 1 aliphatic heterocycles. The summed E-state index contributed by atoms with van der Waals surface area (Å²) in [6, 6.07) is 9.46. The molecule has 4 rings (SSSR count). The number of fused-ring (bicyclic) bond motifs is 1. The minimum atomic E-state index is -1.27. The van der Waals surface area contributed by atoms with Crippen molar-refractivity contribution in [1.82, 2.24) is 19.5 Å². The number of nitrogens with zero attached hydrogens (tertiary/aromatic N) is 5. The van der Waals surface area contributed by atoms with Crippen molar-refractivity contribution in [1.29, 1.82) is 0 Å². The van der Waals surface area contributed by atoms with Gasteiger partial charge in [-0.2, -0.15) is 15.1 Å². The summed E-state index contributed by atoms with van der Waals surface area (Å²) >= 11 is 0. The fourth-order valence-electron chi connectivity index (χ4n) is 2.99. The summed E-state index contributed by atoms with van der Waals surface area (Å²) in [6.07, 6.45) is -1.41. The molecule has 0 bridgehead atoms. The molecule has 0 spiro atoms. The highest BCUT2D eigenvalue weighted by atomic mass is 16.6. The van der Waals surface area contributed by atoms with Crippen molar-refractivity contribution in [3.8, 4) is 0 Å². The average molecular weight is 415 g/mol. The molecule has 0 radical (unpaired) electrons. The normalized spacial score (nSPS) is 23.5. The number of aromatic nitrogens is 4. The number of ether oxygens (including phenoxy) is 1. The van der Waals surface area contributed by atoms with Gasteiger partial charge in [0.15, 0.2) is 17.7 Å². The number of hydrazone groups is 1. The van der Waals surface area contributed by atoms with E-state index in [-0.39, 0.29) is 11.8 Å². The maximum Gasteiger partial charge on any atom is 0.247 e. The first-order valence-electron chi connectivity index (χ1n) is 9.55. The lowest BCUT2D eigenvalue weighted by atomic mass is 10.1. The molecule has 6 N–H and O–H groups in total. The van der Waals surface area contributed by atoms with Crippen LogP contribution in [0.25, 0.3) is 11.2 Å². The topological polar surface area (TPSA) is 164 Å². The zero-order chi connectivity index (χ0) is 21.7. The van der Waals surface area contributed by atoms with Crippen molar-refractivity contribution < 1.29 is 20.1 Å². The Morgan fingerprint density at radius 2 is 1.93 bits per heavy atom. The van der Waals surface area contributed by atoms with E-state index >= 15 is 0 Å². The summed E-state index contributed by atoms with van der Waals surface area (Å²) in [5.74, 6) is 0.249. The molecule has 1 saturated heterocycles. The van der Waals surface area contributed by atoms with Crippen molar-refractivity contribution in [3.05, 3.63) is 42.2 Å². The Morgan fingerprint density at radius 3 is 2.60 bits per heavy atom. The first-order chi connectivity index (χ1) is 14.6. The van der Waals surface area contributed by atoms with E-state index in [4.69, 9.17) is 10.5 Å². The highest BCUT2D eigenvalue weighted by Crippen LogP contribution is 2.32. The van der Waals surface area contributed by atoms with E-state index in [0.29, 0.717) is 11.2 Å². The molecular weight excluding hydrogens is 390 g/mol. The highest BCUT2D eigenvalue weighted by Gasteiger charge is 2.44. The molecular formula is C19H25N7O4. The Balaban J connectivity index is 0.00000124. The number of aliphatic hydroxyl groups is 3. The standard InChI is InChI=1S/C17H19N7O4.C2H6/c18-14-11-15(22-17(21-14)23-20-6-9-4-2-1-3-5-9)24(8-19-11)16-13(27)12(26)10(7-25)28-16;1-2/h1-6,8,10,12-13,16,25-27H,7H2,(H3,18,21,22,23);1-2H3/b20-6+;/t10-,12?,13+,16-;/m1./s1. The molecule has 1 aliphatic rings. The number of aliphatic hydroxyl groups excluding tert-OH is 3. The molecule has 0 aliphatic carbocycles. The van der Waals surface area contributed by atoms with Crippen LogP contribution in [0.4, 0.5) is 11.8 Å². The van der Waals surface area contributed by atoms with Gasteiger partial charge in [-0.05, 0) is 5.56 Å². The number of imidazole rings is 1. The summed E-state index contributed by atoms with van der Waals surface area (Å²) in [4.78, 5) is 12.6. The molecule has 0 amide bonds. The van der Waals surface area contributed by atoms with Gasteiger partial charge in [-0.15, -0.1) is 0 Å². The van der Waals surface area contributed by atoms with Gasteiger partial charge in [0.25, 0.3) is 0 Å². The Morgan fingerprint density at radius 1 is 1.20 bits per heavy atom. The van der Waals surface area contributed by atoms with Gasteiger partial charge in [-0.25, -0.2) is 10.4 Å². The number of hydrogen-bond acceptors (Lipinski definition) is 10. The second kappa shape index (κ2) is 9.59. The Bertz CT molecular complexity index is 995. The van der Waals surface area contributed by atoms with Crippen LogP contribution in [0, 0.1) is 0 Å². The Hall–Kier alpha value is -3.12. The molecule has 3 aromatic rings. The first-order valence-corrected chi connectivity index (χ1v) is 9.55. The van der Waals surface area contributed by atoms with Crippen LogP contribution in [0.3, 0.4) is 0 Å². The number of rotatable bonds is 5. The Labute approximate surface area is 172 Å². The van der Waals surface area contributed by atoms with Crippen LogP contribution >= 0.6 is 0 Å². The molecule has 3 heterocycles. The predicted molar refractivity (Wildman–Crippen MR) is 112 cm³/mol. The molecule has 1 fully saturated rings. The van der Waals surface area contributed by atoms with E-state index in [1.807, 2.05) is 44.2 Å². The lowest BCUT2D eigenvalue weighted by Gasteiger charge is -2.16. The fourth-order valence-corrected chi connectivity index (χ4v) is 2.99. The zero-order valence-corrected chi connectivity index (χ0v) is 16.6. The quantitative estimate of drug-likeness (QED) is 0.295. The van der Waals surface area contributed by atoms with Crippen LogP contribution in [0.15, 0.2) is 41.8 Å². The summed E-state index contributed by atoms with van der Waals surface area (Å²) in [5.41, 5.74) is 10.2. The van der Waals surface area contributed by atoms with Crippen molar-refractivity contribution in [2.45, 2.75) is 38.4 Å². The maximum absolute atomic E-state index is 10.2. The van der Waals surface area contributed by atoms with Crippen molar-refractivity contribution in [3.63, 3.8) is 0 Å². The van der Waals surface area contributed by atoms with Gasteiger partial charge in [-0.3, -0.25) is 4.57 Å². The smallest absolute Gasteiger partial charge is 0.247 e. The van der Waals surface area contributed by atoms with E-state index < -0.39 is 31.1 Å². The third-order valence-corrected chi connectivity index (χ3v) is 4.42. The molecule has 30 heavy (non-hydrogen) atoms. The third-order valence-electron chi connectivity index (χ3n) is 4.42. The summed E-state index contributed by atoms with van der Waals surface area (Å²) in [5, 5.41) is 33.6. The van der Waals surface area contributed by atoms with E-state index in [1.165, 1.54) is 10.9 Å². The van der Waals surface area contributed by atoms with Crippen molar-refractivity contribution >= 4 is 29.1 Å². The van der Waals surface area contributed by atoms with Gasteiger partial charge in [0.1, 0.15) is 23.8 Å². The summed E-state index contributed by atoms with van der Waals surface area (Å²) in [7, 11) is 0. The van der Waals surface area contributed by atoms with E-state index in [1.54, 1.807) is 6.21 Å². The van der Waals surface area contributed by atoms with Crippen molar-refractivity contribution in [2.24, 2.45) is 5.10 Å². The van der Waals surface area contributed by atoms with Gasteiger partial charge in [0.05, 0.1) is 19.1 Å². The molecule has 4 atom stereocenters. The van der Waals surface area contributed by atoms with Gasteiger partial charge >= 0.3 is 0 Å². The highest BCUT2D eigenvalue weighted by molar-refractivity contribution is 5.83. The van der Waals surface area contributed by atoms with Gasteiger partial charge < -0.3 is 25.8 Å². The van der Waals surface area contributed by atoms with Crippen LogP contribution in [-0.2, 0) is 4.74 Å². The number of benzene rings is 1. The van der Waals surface area contributed by atoms with Crippen LogP contribution in [0.1, 0.15) is 25.6 Å². The van der Waals surface area contributed by atoms with Crippen molar-refractivity contribution in [2.75, 3.05) is 17.8 Å².